The first-order valence-corrected chi connectivity index (χ1v) is 5.73. The average molecular weight is 253 g/mol. The number of oxime groups is 1. The highest BCUT2D eigenvalue weighted by Gasteiger charge is 2.41. The summed E-state index contributed by atoms with van der Waals surface area (Å²) in [6.07, 6.45) is 1.79. The molecule has 0 amide bonds. The van der Waals surface area contributed by atoms with E-state index in [1.165, 1.54) is 6.07 Å². The minimum absolute atomic E-state index is 0.0501. The van der Waals surface area contributed by atoms with Gasteiger partial charge in [0.15, 0.2) is 5.84 Å². The number of hydrogen-bond acceptors (Lipinski definition) is 4. The lowest BCUT2D eigenvalue weighted by atomic mass is 10.1. The normalized spacial score (nSPS) is 17.8. The molecular weight excluding hydrogens is 237 g/mol. The van der Waals surface area contributed by atoms with Gasteiger partial charge < -0.3 is 21.4 Å². The van der Waals surface area contributed by atoms with Gasteiger partial charge in [0.05, 0.1) is 12.2 Å². The lowest BCUT2D eigenvalue weighted by Gasteiger charge is -2.15. The third kappa shape index (κ3) is 2.44. The molecule has 0 saturated heterocycles. The molecule has 0 bridgehead atoms. The zero-order valence-corrected chi connectivity index (χ0v) is 9.86. The van der Waals surface area contributed by atoms with Gasteiger partial charge in [0, 0.05) is 17.6 Å². The molecule has 5 N–H and O–H groups in total. The molecule has 1 aliphatic carbocycles. The smallest absolute Gasteiger partial charge is 0.173 e. The van der Waals surface area contributed by atoms with E-state index in [-0.39, 0.29) is 23.5 Å². The fourth-order valence-electron chi connectivity index (χ4n) is 1.79. The summed E-state index contributed by atoms with van der Waals surface area (Å²) < 4.78 is 14.0. The highest BCUT2D eigenvalue weighted by Crippen LogP contribution is 2.34. The lowest BCUT2D eigenvalue weighted by Crippen LogP contribution is -2.34. The van der Waals surface area contributed by atoms with Crippen LogP contribution in [0.25, 0.3) is 0 Å². The zero-order chi connectivity index (χ0) is 13.2. The summed E-state index contributed by atoms with van der Waals surface area (Å²) >= 11 is 0. The van der Waals surface area contributed by atoms with Gasteiger partial charge in [-0.05, 0) is 18.9 Å². The number of nitrogens with one attached hydrogen (secondary N) is 1. The first-order valence-electron chi connectivity index (χ1n) is 5.73. The largest absolute Gasteiger partial charge is 0.409 e. The second-order valence-electron chi connectivity index (χ2n) is 4.56. The SMILES string of the molecule is N/C(=N/O)c1cccc(CNC2(CO)CC2)c1F. The Balaban J connectivity index is 2.14. The van der Waals surface area contributed by atoms with Gasteiger partial charge in [0.25, 0.3) is 0 Å². The van der Waals surface area contributed by atoms with Crippen molar-refractivity contribution in [1.82, 2.24) is 5.32 Å². The molecular formula is C12H16FN3O2. The molecule has 1 aliphatic rings. The minimum atomic E-state index is -0.506. The molecule has 1 aromatic rings. The van der Waals surface area contributed by atoms with Gasteiger partial charge >= 0.3 is 0 Å². The van der Waals surface area contributed by atoms with Gasteiger partial charge in [0.2, 0.25) is 0 Å². The molecule has 0 heterocycles. The summed E-state index contributed by atoms with van der Waals surface area (Å²) in [7, 11) is 0. The minimum Gasteiger partial charge on any atom is -0.409 e. The zero-order valence-electron chi connectivity index (χ0n) is 9.86. The van der Waals surface area contributed by atoms with E-state index in [0.29, 0.717) is 12.1 Å². The molecule has 6 heteroatoms. The van der Waals surface area contributed by atoms with Crippen LogP contribution in [0.5, 0.6) is 0 Å². The van der Waals surface area contributed by atoms with Crippen LogP contribution >= 0.6 is 0 Å². The van der Waals surface area contributed by atoms with Gasteiger partial charge in [0.1, 0.15) is 5.82 Å². The van der Waals surface area contributed by atoms with E-state index in [4.69, 9.17) is 16.0 Å². The first kappa shape index (κ1) is 12.8. The predicted molar refractivity (Wildman–Crippen MR) is 64.8 cm³/mol. The van der Waals surface area contributed by atoms with Crippen LogP contribution in [0.15, 0.2) is 23.4 Å². The Hall–Kier alpha value is -1.66. The Labute approximate surface area is 104 Å². The van der Waals surface area contributed by atoms with Crippen molar-refractivity contribution >= 4 is 5.84 Å². The number of amidine groups is 1. The van der Waals surface area contributed by atoms with Crippen LogP contribution in [0, 0.1) is 5.82 Å². The number of aliphatic hydroxyl groups is 1. The Morgan fingerprint density at radius 3 is 2.78 bits per heavy atom. The van der Waals surface area contributed by atoms with Crippen molar-refractivity contribution in [3.05, 3.63) is 35.1 Å². The van der Waals surface area contributed by atoms with Crippen molar-refractivity contribution in [3.8, 4) is 0 Å². The number of aliphatic hydroxyl groups excluding tert-OH is 1. The van der Waals surface area contributed by atoms with Crippen LogP contribution in [-0.4, -0.2) is 28.3 Å². The highest BCUT2D eigenvalue weighted by atomic mass is 19.1. The average Bonchev–Trinajstić information content (AvgIpc) is 3.17. The van der Waals surface area contributed by atoms with Crippen molar-refractivity contribution in [1.29, 1.82) is 0 Å². The lowest BCUT2D eigenvalue weighted by molar-refractivity contribution is 0.229. The van der Waals surface area contributed by atoms with Crippen LogP contribution in [0.2, 0.25) is 0 Å². The van der Waals surface area contributed by atoms with Crippen molar-refractivity contribution in [2.45, 2.75) is 24.9 Å². The van der Waals surface area contributed by atoms with Crippen molar-refractivity contribution in [2.24, 2.45) is 10.9 Å². The number of halogens is 1. The van der Waals surface area contributed by atoms with Gasteiger partial charge in [-0.25, -0.2) is 4.39 Å². The van der Waals surface area contributed by atoms with E-state index in [9.17, 15) is 4.39 Å². The van der Waals surface area contributed by atoms with E-state index >= 15 is 0 Å². The van der Waals surface area contributed by atoms with E-state index in [1.807, 2.05) is 0 Å². The molecule has 0 spiro atoms. The fraction of sp³-hybridized carbons (Fsp3) is 0.417. The Morgan fingerprint density at radius 1 is 1.50 bits per heavy atom. The summed E-state index contributed by atoms with van der Waals surface area (Å²) in [6, 6.07) is 4.72. The van der Waals surface area contributed by atoms with Gasteiger partial charge in [-0.2, -0.15) is 0 Å². The van der Waals surface area contributed by atoms with E-state index in [2.05, 4.69) is 10.5 Å². The highest BCUT2D eigenvalue weighted by molar-refractivity contribution is 5.97. The standard InChI is InChI=1S/C12H16FN3O2/c13-10-8(6-15-12(7-17)4-5-12)2-1-3-9(10)11(14)16-18/h1-3,15,17-18H,4-7H2,(H2,14,16). The molecule has 5 nitrogen and oxygen atoms in total. The maximum atomic E-state index is 14.0. The molecule has 1 aromatic carbocycles. The number of nitrogens with two attached hydrogens (primary N) is 1. The molecule has 0 aromatic heterocycles. The fourth-order valence-corrected chi connectivity index (χ4v) is 1.79. The van der Waals surface area contributed by atoms with Crippen LogP contribution in [0.3, 0.4) is 0 Å². The quantitative estimate of drug-likeness (QED) is 0.267. The number of benzene rings is 1. The monoisotopic (exact) mass is 253 g/mol. The molecule has 0 unspecified atom stereocenters. The molecule has 0 aliphatic heterocycles. The van der Waals surface area contributed by atoms with Crippen LogP contribution in [0.4, 0.5) is 4.39 Å². The summed E-state index contributed by atoms with van der Waals surface area (Å²) in [5.41, 5.74) is 5.64. The maximum absolute atomic E-state index is 14.0. The van der Waals surface area contributed by atoms with Gasteiger partial charge in [-0.3, -0.25) is 0 Å². The second-order valence-corrected chi connectivity index (χ2v) is 4.56. The van der Waals surface area contributed by atoms with Crippen molar-refractivity contribution in [3.63, 3.8) is 0 Å². The topological polar surface area (TPSA) is 90.9 Å². The Kier molecular flexibility index (Phi) is 3.49. The molecule has 18 heavy (non-hydrogen) atoms. The number of hydrogen-bond donors (Lipinski definition) is 4. The number of nitrogens with zero attached hydrogens (tertiary/aromatic N) is 1. The summed E-state index contributed by atoms with van der Waals surface area (Å²) in [6.45, 7) is 0.355. The van der Waals surface area contributed by atoms with Crippen molar-refractivity contribution < 1.29 is 14.7 Å². The van der Waals surface area contributed by atoms with E-state index in [0.717, 1.165) is 12.8 Å². The summed E-state index contributed by atoms with van der Waals surface area (Å²) in [5, 5.41) is 23.6. The van der Waals surface area contributed by atoms with E-state index < -0.39 is 5.82 Å². The molecule has 0 atom stereocenters. The molecule has 98 valence electrons. The molecule has 0 radical (unpaired) electrons. The molecule has 1 fully saturated rings. The summed E-state index contributed by atoms with van der Waals surface area (Å²) in [5.74, 6) is -0.758. The molecule has 2 rings (SSSR count). The van der Waals surface area contributed by atoms with Crippen LogP contribution in [0.1, 0.15) is 24.0 Å². The maximum Gasteiger partial charge on any atom is 0.173 e. The predicted octanol–water partition coefficient (Wildman–Crippen LogP) is 0.535. The van der Waals surface area contributed by atoms with Gasteiger partial charge in [-0.15, -0.1) is 0 Å². The summed E-state index contributed by atoms with van der Waals surface area (Å²) in [4.78, 5) is 0. The Morgan fingerprint density at radius 2 is 2.22 bits per heavy atom. The Bertz CT molecular complexity index is 472. The molecule has 1 saturated carbocycles. The van der Waals surface area contributed by atoms with E-state index in [1.54, 1.807) is 12.1 Å². The number of rotatable bonds is 5. The van der Waals surface area contributed by atoms with Crippen LogP contribution < -0.4 is 11.1 Å². The van der Waals surface area contributed by atoms with Crippen molar-refractivity contribution in [2.75, 3.05) is 6.61 Å². The van der Waals surface area contributed by atoms with Crippen LogP contribution in [-0.2, 0) is 6.54 Å². The first-order chi connectivity index (χ1) is 8.62. The van der Waals surface area contributed by atoms with Gasteiger partial charge in [-0.1, -0.05) is 17.3 Å². The second kappa shape index (κ2) is 4.91. The third-order valence-corrected chi connectivity index (χ3v) is 3.27. The third-order valence-electron chi connectivity index (χ3n) is 3.27.